The van der Waals surface area contributed by atoms with Gasteiger partial charge in [0.15, 0.2) is 5.82 Å². The smallest absolute Gasteiger partial charge is 0.231 e. The summed E-state index contributed by atoms with van der Waals surface area (Å²) in [6.45, 7) is 4.45. The van der Waals surface area contributed by atoms with Crippen LogP contribution in [-0.2, 0) is 5.75 Å². The van der Waals surface area contributed by atoms with Crippen LogP contribution in [0, 0.1) is 5.92 Å². The Morgan fingerprint density at radius 2 is 2.28 bits per heavy atom. The SMILES string of the molecule is CNC1CCCC1c1nc(CSCC(C)C)no1. The van der Waals surface area contributed by atoms with Crippen LogP contribution in [0.15, 0.2) is 4.52 Å². The van der Waals surface area contributed by atoms with E-state index in [1.54, 1.807) is 0 Å². The third-order valence-corrected chi connectivity index (χ3v) is 4.73. The first-order valence-corrected chi connectivity index (χ1v) is 7.93. The van der Waals surface area contributed by atoms with Crippen LogP contribution in [0.25, 0.3) is 0 Å². The molecule has 1 N–H and O–H groups in total. The molecule has 0 spiro atoms. The Labute approximate surface area is 113 Å². The molecule has 2 rings (SSSR count). The quantitative estimate of drug-likeness (QED) is 0.860. The van der Waals surface area contributed by atoms with Crippen molar-refractivity contribution in [3.8, 4) is 0 Å². The second-order valence-corrected chi connectivity index (χ2v) is 6.42. The highest BCUT2D eigenvalue weighted by Gasteiger charge is 2.31. The van der Waals surface area contributed by atoms with Gasteiger partial charge in [-0.25, -0.2) is 0 Å². The normalized spacial score (nSPS) is 24.0. The zero-order valence-electron chi connectivity index (χ0n) is 11.5. The van der Waals surface area contributed by atoms with Gasteiger partial charge in [0.05, 0.1) is 11.7 Å². The van der Waals surface area contributed by atoms with Crippen LogP contribution in [0.5, 0.6) is 0 Å². The van der Waals surface area contributed by atoms with Crippen LogP contribution in [0.1, 0.15) is 50.7 Å². The molecule has 18 heavy (non-hydrogen) atoms. The fourth-order valence-electron chi connectivity index (χ4n) is 2.46. The number of nitrogens with zero attached hydrogens (tertiary/aromatic N) is 2. The summed E-state index contributed by atoms with van der Waals surface area (Å²) in [6.07, 6.45) is 3.61. The van der Waals surface area contributed by atoms with Crippen molar-refractivity contribution >= 4 is 11.8 Å². The van der Waals surface area contributed by atoms with E-state index in [0.717, 1.165) is 29.6 Å². The lowest BCUT2D eigenvalue weighted by Crippen LogP contribution is -2.27. The van der Waals surface area contributed by atoms with E-state index in [9.17, 15) is 0 Å². The summed E-state index contributed by atoms with van der Waals surface area (Å²) >= 11 is 1.88. The van der Waals surface area contributed by atoms with Crippen LogP contribution in [0.3, 0.4) is 0 Å². The van der Waals surface area contributed by atoms with Gasteiger partial charge in [-0.3, -0.25) is 0 Å². The van der Waals surface area contributed by atoms with E-state index in [1.165, 1.54) is 12.8 Å². The molecule has 1 aliphatic carbocycles. The first-order valence-electron chi connectivity index (χ1n) is 6.78. The fraction of sp³-hybridized carbons (Fsp3) is 0.846. The van der Waals surface area contributed by atoms with E-state index in [-0.39, 0.29) is 0 Å². The minimum absolute atomic E-state index is 0.409. The lowest BCUT2D eigenvalue weighted by molar-refractivity contribution is 0.333. The molecule has 102 valence electrons. The minimum atomic E-state index is 0.409. The molecule has 1 aliphatic rings. The van der Waals surface area contributed by atoms with Gasteiger partial charge in [-0.2, -0.15) is 16.7 Å². The molecule has 2 unspecified atom stereocenters. The maximum atomic E-state index is 5.42. The number of thioether (sulfide) groups is 1. The van der Waals surface area contributed by atoms with Gasteiger partial charge in [-0.05, 0) is 31.6 Å². The molecule has 1 fully saturated rings. The standard InChI is InChI=1S/C13H23N3OS/c1-9(2)7-18-8-12-15-13(17-16-12)10-5-4-6-11(10)14-3/h9-11,14H,4-8H2,1-3H3. The van der Waals surface area contributed by atoms with Gasteiger partial charge in [-0.15, -0.1) is 0 Å². The van der Waals surface area contributed by atoms with Crippen molar-refractivity contribution in [3.05, 3.63) is 11.7 Å². The van der Waals surface area contributed by atoms with Gasteiger partial charge in [0.2, 0.25) is 5.89 Å². The summed E-state index contributed by atoms with van der Waals surface area (Å²) < 4.78 is 5.42. The molecule has 0 aliphatic heterocycles. The topological polar surface area (TPSA) is 51.0 Å². The Hall–Kier alpha value is -0.550. The lowest BCUT2D eigenvalue weighted by atomic mass is 10.0. The average molecular weight is 269 g/mol. The Morgan fingerprint density at radius 3 is 3.00 bits per heavy atom. The minimum Gasteiger partial charge on any atom is -0.339 e. The van der Waals surface area contributed by atoms with Crippen molar-refractivity contribution < 1.29 is 4.52 Å². The second-order valence-electron chi connectivity index (χ2n) is 5.39. The number of likely N-dealkylation sites (N-methyl/N-ethyl adjacent to an activating group) is 1. The van der Waals surface area contributed by atoms with E-state index >= 15 is 0 Å². The van der Waals surface area contributed by atoms with E-state index in [0.29, 0.717) is 17.9 Å². The molecule has 0 aromatic carbocycles. The van der Waals surface area contributed by atoms with E-state index in [1.807, 2.05) is 18.8 Å². The predicted octanol–water partition coefficient (Wildman–Crippen LogP) is 2.81. The summed E-state index contributed by atoms with van der Waals surface area (Å²) in [7, 11) is 2.01. The van der Waals surface area contributed by atoms with Crippen molar-refractivity contribution in [3.63, 3.8) is 0 Å². The summed E-state index contributed by atoms with van der Waals surface area (Å²) in [5, 5.41) is 7.44. The van der Waals surface area contributed by atoms with E-state index in [4.69, 9.17) is 4.52 Å². The number of aromatic nitrogens is 2. The van der Waals surface area contributed by atoms with Crippen molar-refractivity contribution in [1.29, 1.82) is 0 Å². The molecule has 0 saturated heterocycles. The molecule has 2 atom stereocenters. The predicted molar refractivity (Wildman–Crippen MR) is 74.7 cm³/mol. The Balaban J connectivity index is 1.89. The zero-order chi connectivity index (χ0) is 13.0. The van der Waals surface area contributed by atoms with Gasteiger partial charge in [0, 0.05) is 6.04 Å². The largest absolute Gasteiger partial charge is 0.339 e. The summed E-state index contributed by atoms with van der Waals surface area (Å²) in [6, 6.07) is 0.501. The van der Waals surface area contributed by atoms with Crippen LogP contribution in [0.2, 0.25) is 0 Å². The highest BCUT2D eigenvalue weighted by molar-refractivity contribution is 7.98. The van der Waals surface area contributed by atoms with Crippen LogP contribution >= 0.6 is 11.8 Å². The third kappa shape index (κ3) is 3.48. The van der Waals surface area contributed by atoms with Gasteiger partial charge >= 0.3 is 0 Å². The third-order valence-electron chi connectivity index (χ3n) is 3.37. The van der Waals surface area contributed by atoms with Gasteiger partial charge in [0.25, 0.3) is 0 Å². The Morgan fingerprint density at radius 1 is 1.44 bits per heavy atom. The molecule has 0 radical (unpaired) electrons. The monoisotopic (exact) mass is 269 g/mol. The maximum Gasteiger partial charge on any atom is 0.231 e. The van der Waals surface area contributed by atoms with Crippen LogP contribution < -0.4 is 5.32 Å². The second kappa shape index (κ2) is 6.57. The van der Waals surface area contributed by atoms with Gasteiger partial charge < -0.3 is 9.84 Å². The fourth-order valence-corrected chi connectivity index (χ4v) is 3.35. The van der Waals surface area contributed by atoms with Crippen molar-refractivity contribution in [2.75, 3.05) is 12.8 Å². The highest BCUT2D eigenvalue weighted by atomic mass is 32.2. The number of nitrogens with one attached hydrogen (secondary N) is 1. The zero-order valence-corrected chi connectivity index (χ0v) is 12.3. The van der Waals surface area contributed by atoms with Gasteiger partial charge in [0.1, 0.15) is 0 Å². The molecule has 1 saturated carbocycles. The molecule has 4 nitrogen and oxygen atoms in total. The van der Waals surface area contributed by atoms with E-state index in [2.05, 4.69) is 29.3 Å². The Bertz CT molecular complexity index is 367. The summed E-state index contributed by atoms with van der Waals surface area (Å²) in [5.74, 6) is 4.80. The van der Waals surface area contributed by atoms with Gasteiger partial charge in [-0.1, -0.05) is 25.4 Å². The van der Waals surface area contributed by atoms with E-state index < -0.39 is 0 Å². The Kier molecular flexibility index (Phi) is 5.06. The molecule has 5 heteroatoms. The summed E-state index contributed by atoms with van der Waals surface area (Å²) in [4.78, 5) is 4.55. The first kappa shape index (κ1) is 13.9. The molecular weight excluding hydrogens is 246 g/mol. The molecular formula is C13H23N3OS. The van der Waals surface area contributed by atoms with Crippen molar-refractivity contribution in [1.82, 2.24) is 15.5 Å². The summed E-state index contributed by atoms with van der Waals surface area (Å²) in [5.41, 5.74) is 0. The maximum absolute atomic E-state index is 5.42. The van der Waals surface area contributed by atoms with Crippen LogP contribution in [-0.4, -0.2) is 29.0 Å². The number of hydrogen-bond donors (Lipinski definition) is 1. The lowest BCUT2D eigenvalue weighted by Gasteiger charge is -2.14. The average Bonchev–Trinajstić information content (AvgIpc) is 2.95. The van der Waals surface area contributed by atoms with Crippen LogP contribution in [0.4, 0.5) is 0 Å². The molecule has 1 aromatic heterocycles. The number of rotatable bonds is 6. The molecule has 0 bridgehead atoms. The van der Waals surface area contributed by atoms with Crippen molar-refractivity contribution in [2.45, 2.75) is 50.8 Å². The molecule has 1 heterocycles. The van der Waals surface area contributed by atoms with Crippen molar-refractivity contribution in [2.24, 2.45) is 5.92 Å². The molecule has 1 aromatic rings. The highest BCUT2D eigenvalue weighted by Crippen LogP contribution is 2.33. The molecule has 0 amide bonds. The number of hydrogen-bond acceptors (Lipinski definition) is 5. The first-order chi connectivity index (χ1) is 8.70.